The maximum atomic E-state index is 16.9. The number of alkyl carbamates (subject to hydrolysis) is 1. The van der Waals surface area contributed by atoms with Crippen LogP contribution in [0.2, 0.25) is 0 Å². The highest BCUT2D eigenvalue weighted by Gasteiger charge is 2.47. The third-order valence-corrected chi connectivity index (χ3v) is 16.5. The lowest BCUT2D eigenvalue weighted by Gasteiger charge is -2.37. The molecule has 20 heteroatoms. The van der Waals surface area contributed by atoms with Crippen LogP contribution in [0.4, 0.5) is 33.7 Å². The van der Waals surface area contributed by atoms with Crippen LogP contribution in [0, 0.1) is 23.3 Å². The molecule has 0 radical (unpaired) electrons. The van der Waals surface area contributed by atoms with Crippen molar-refractivity contribution in [2.45, 2.75) is 126 Å². The first-order valence-corrected chi connectivity index (χ1v) is 26.2. The maximum Gasteiger partial charge on any atom is 0.407 e. The maximum absolute atomic E-state index is 16.9. The molecule has 4 aliphatic rings. The minimum atomic E-state index is -1.07. The zero-order chi connectivity index (χ0) is 53.7. The number of anilines is 2. The van der Waals surface area contributed by atoms with Crippen molar-refractivity contribution < 1.29 is 51.3 Å². The van der Waals surface area contributed by atoms with Crippen LogP contribution in [0.1, 0.15) is 131 Å². The molecule has 16 nitrogen and oxygen atoms in total. The van der Waals surface area contributed by atoms with Crippen LogP contribution >= 0.6 is 0 Å². The molecule has 3 amide bonds. The van der Waals surface area contributed by atoms with Crippen LogP contribution in [0.5, 0.6) is 5.75 Å². The van der Waals surface area contributed by atoms with Gasteiger partial charge in [-0.1, -0.05) is 12.1 Å². The van der Waals surface area contributed by atoms with Gasteiger partial charge in [0.15, 0.2) is 11.6 Å². The molecule has 2 aromatic heterocycles. The largest absolute Gasteiger partial charge is 0.508 e. The van der Waals surface area contributed by atoms with E-state index in [1.807, 2.05) is 13.8 Å². The fraction of sp³-hybridized carbons (Fsp3) is 0.482. The second kappa shape index (κ2) is 21.2. The number of fused-ring (bicyclic) bond motifs is 2. The Hall–Kier alpha value is -6.93. The summed E-state index contributed by atoms with van der Waals surface area (Å²) in [6.45, 7) is 7.04. The number of carbonyl (C=O) groups excluding carboxylic acids is 3. The number of amides is 3. The number of methoxy groups -OCH3 is 3. The molecule has 4 saturated heterocycles. The van der Waals surface area contributed by atoms with Gasteiger partial charge in [0.05, 0.1) is 71.5 Å². The first kappa shape index (κ1) is 52.5. The summed E-state index contributed by atoms with van der Waals surface area (Å²) in [4.78, 5) is 63.4. The van der Waals surface area contributed by atoms with E-state index < -0.39 is 59.2 Å². The van der Waals surface area contributed by atoms with Gasteiger partial charge in [0.25, 0.3) is 0 Å². The number of benzene rings is 4. The molecule has 6 aromatic rings. The average molecular weight is 1050 g/mol. The van der Waals surface area contributed by atoms with Crippen molar-refractivity contribution in [3.05, 3.63) is 112 Å². The van der Waals surface area contributed by atoms with E-state index in [9.17, 15) is 23.9 Å². The molecular weight excluding hydrogens is 987 g/mol. The van der Waals surface area contributed by atoms with Crippen molar-refractivity contribution in [1.29, 1.82) is 0 Å². The molecular formula is C56H65F4N9O7. The molecule has 404 valence electrons. The summed E-state index contributed by atoms with van der Waals surface area (Å²) in [6.07, 6.45) is 2.92. The van der Waals surface area contributed by atoms with Crippen molar-refractivity contribution in [2.24, 2.45) is 0 Å². The number of rotatable bonds is 14. The Labute approximate surface area is 438 Å². The smallest absolute Gasteiger partial charge is 0.407 e. The molecule has 7 atom stereocenters. The van der Waals surface area contributed by atoms with Crippen LogP contribution in [0.3, 0.4) is 0 Å². The molecule has 4 fully saturated rings. The molecule has 0 aliphatic carbocycles. The van der Waals surface area contributed by atoms with E-state index >= 15 is 13.2 Å². The number of aromatic amines is 2. The number of piperidine rings is 1. The van der Waals surface area contributed by atoms with Gasteiger partial charge < -0.3 is 54.2 Å². The number of phenols is 1. The first-order valence-electron chi connectivity index (χ1n) is 26.2. The number of nitrogens with zero attached hydrogens (tertiary/aromatic N) is 6. The van der Waals surface area contributed by atoms with Crippen LogP contribution in [-0.4, -0.2) is 119 Å². The number of halogens is 4. The van der Waals surface area contributed by atoms with Crippen LogP contribution in [-0.2, 0) is 29.3 Å². The van der Waals surface area contributed by atoms with Gasteiger partial charge in [-0.3, -0.25) is 9.59 Å². The van der Waals surface area contributed by atoms with E-state index in [4.69, 9.17) is 24.2 Å². The van der Waals surface area contributed by atoms with Gasteiger partial charge in [0.2, 0.25) is 11.8 Å². The summed E-state index contributed by atoms with van der Waals surface area (Å²) in [7, 11) is 4.22. The Morgan fingerprint density at radius 1 is 0.776 bits per heavy atom. The highest BCUT2D eigenvalue weighted by atomic mass is 19.1. The van der Waals surface area contributed by atoms with Crippen molar-refractivity contribution in [2.75, 3.05) is 57.3 Å². The fourth-order valence-corrected chi connectivity index (χ4v) is 12.3. The lowest BCUT2D eigenvalue weighted by Crippen LogP contribution is -2.57. The fourth-order valence-electron chi connectivity index (χ4n) is 12.3. The number of imidazole rings is 2. The molecule has 0 saturated carbocycles. The average Bonchev–Trinajstić information content (AvgIpc) is 4.33. The van der Waals surface area contributed by atoms with Gasteiger partial charge in [-0.05, 0) is 120 Å². The summed E-state index contributed by atoms with van der Waals surface area (Å²) in [5.74, 6) is -2.04. The number of phenolic OH excluding ortho intramolecular Hbond substituents is 1. The van der Waals surface area contributed by atoms with E-state index in [0.717, 1.165) is 12.0 Å². The molecule has 76 heavy (non-hydrogen) atoms. The van der Waals surface area contributed by atoms with Gasteiger partial charge in [0, 0.05) is 69.3 Å². The van der Waals surface area contributed by atoms with E-state index in [1.54, 1.807) is 57.9 Å². The molecule has 4 aliphatic heterocycles. The minimum absolute atomic E-state index is 0.0647. The highest BCUT2D eigenvalue weighted by Crippen LogP contribution is 2.51. The third-order valence-electron chi connectivity index (χ3n) is 16.5. The predicted molar refractivity (Wildman–Crippen MR) is 277 cm³/mol. The Morgan fingerprint density at radius 2 is 1.45 bits per heavy atom. The quantitative estimate of drug-likeness (QED) is 0.0763. The van der Waals surface area contributed by atoms with E-state index in [1.165, 1.54) is 50.6 Å². The van der Waals surface area contributed by atoms with E-state index in [2.05, 4.69) is 15.3 Å². The van der Waals surface area contributed by atoms with Crippen molar-refractivity contribution >= 4 is 51.3 Å². The second-order valence-corrected chi connectivity index (χ2v) is 21.0. The molecule has 0 spiro atoms. The summed E-state index contributed by atoms with van der Waals surface area (Å²) in [6, 6.07) is 12.2. The normalized spacial score (nSPS) is 22.5. The van der Waals surface area contributed by atoms with Gasteiger partial charge >= 0.3 is 6.09 Å². The molecule has 4 aromatic carbocycles. The third kappa shape index (κ3) is 9.77. The molecule has 0 bridgehead atoms. The van der Waals surface area contributed by atoms with Crippen LogP contribution < -0.4 is 15.1 Å². The summed E-state index contributed by atoms with van der Waals surface area (Å²) >= 11 is 0. The Kier molecular flexibility index (Phi) is 14.7. The predicted octanol–water partition coefficient (Wildman–Crippen LogP) is 9.85. The highest BCUT2D eigenvalue weighted by molar-refractivity contribution is 5.88. The van der Waals surface area contributed by atoms with E-state index in [0.29, 0.717) is 110 Å². The standard InChI is InChI=1S/C56H65F4N9O7/c1-30(74-4)23-49(71)67-19-7-9-47(67)52-61-41-26-36(38(58)28-43(41)62-52)45-14-15-46(69(45)35-24-39(59)51(40(60)25-35)66-21-16-33(17-22-66)32-10-12-34(57)13-11-32)37-27-42-44(29-48(37)70)64-54(63-42)56(3)18-8-20-68(56)53(72)50(31(2)75-5)65-55(73)76-6/h10-13,24-31,33,45-47,50,70H,7-9,14-23H2,1-6H3,(H,61,62)(H,63,64)(H,65,73)/t30-,31-,45-,46-,47+,50+,56-/m1/s1. The van der Waals surface area contributed by atoms with Gasteiger partial charge in [-0.15, -0.1) is 0 Å². The van der Waals surface area contributed by atoms with E-state index in [-0.39, 0.29) is 58.9 Å². The zero-order valence-electron chi connectivity index (χ0n) is 43.6. The number of hydrogen-bond acceptors (Lipinski definition) is 11. The Bertz CT molecular complexity index is 3120. The monoisotopic (exact) mass is 1050 g/mol. The number of aromatic hydroxyl groups is 1. The SMILES string of the molecule is COC(=O)N[C@H](C(=O)N1CCC[C@]1(C)c1nc2cc(O)c([C@H]3CC[C@H](c4cc5[nH]c([C@@H]6CCCN6C(=O)C[C@@H](C)OC)nc5cc4F)N3c3cc(F)c(N4CCC(c5ccc(F)cc5)CC4)c(F)c3)cc2[nH]1)[C@@H](C)OC. The molecule has 4 N–H and O–H groups in total. The molecule has 6 heterocycles. The minimum Gasteiger partial charge on any atom is -0.508 e. The van der Waals surface area contributed by atoms with Gasteiger partial charge in [0.1, 0.15) is 40.8 Å². The number of carbonyl (C=O) groups is 3. The Morgan fingerprint density at radius 3 is 2.13 bits per heavy atom. The second-order valence-electron chi connectivity index (χ2n) is 21.0. The van der Waals surface area contributed by atoms with Crippen molar-refractivity contribution in [3.63, 3.8) is 0 Å². The zero-order valence-corrected chi connectivity index (χ0v) is 43.6. The topological polar surface area (TPSA) is 181 Å². The molecule has 0 unspecified atom stereocenters. The summed E-state index contributed by atoms with van der Waals surface area (Å²) in [5, 5.41) is 14.6. The number of nitrogens with one attached hydrogen (secondary N) is 3. The lowest BCUT2D eigenvalue weighted by atomic mass is 9.89. The Balaban J connectivity index is 1.00. The van der Waals surface area contributed by atoms with Crippen molar-refractivity contribution in [1.82, 2.24) is 35.1 Å². The number of ether oxygens (including phenoxy) is 3. The summed E-state index contributed by atoms with van der Waals surface area (Å²) in [5.41, 5.74) is 2.43. The van der Waals surface area contributed by atoms with Crippen LogP contribution in [0.15, 0.2) is 60.7 Å². The summed E-state index contributed by atoms with van der Waals surface area (Å²) < 4.78 is 80.0. The number of H-pyrrole nitrogens is 2. The first-order chi connectivity index (χ1) is 36.5. The molecule has 10 rings (SSSR count). The number of likely N-dealkylation sites (tertiary alicyclic amines) is 2. The lowest BCUT2D eigenvalue weighted by molar-refractivity contribution is -0.141. The van der Waals surface area contributed by atoms with Crippen LogP contribution in [0.25, 0.3) is 22.1 Å². The number of hydrogen-bond donors (Lipinski definition) is 4. The van der Waals surface area contributed by atoms with Gasteiger partial charge in [-0.25, -0.2) is 32.3 Å². The van der Waals surface area contributed by atoms with Gasteiger partial charge in [-0.2, -0.15) is 0 Å². The van der Waals surface area contributed by atoms with Crippen molar-refractivity contribution in [3.8, 4) is 5.75 Å². The number of aromatic nitrogens is 4.